The highest BCUT2D eigenvalue weighted by Gasteiger charge is 2.35. The van der Waals surface area contributed by atoms with Crippen molar-refractivity contribution in [3.63, 3.8) is 0 Å². The summed E-state index contributed by atoms with van der Waals surface area (Å²) in [6, 6.07) is 0. The van der Waals surface area contributed by atoms with Crippen molar-refractivity contribution in [1.82, 2.24) is 5.32 Å². The molecule has 3 nitrogen and oxygen atoms in total. The van der Waals surface area contributed by atoms with Crippen LogP contribution in [0.2, 0.25) is 0 Å². The van der Waals surface area contributed by atoms with Crippen molar-refractivity contribution in [2.45, 2.75) is 11.4 Å². The molecule has 8 heavy (non-hydrogen) atoms. The molecule has 0 aromatic carbocycles. The van der Waals surface area contributed by atoms with E-state index in [4.69, 9.17) is 5.11 Å². The molecule has 1 atom stereocenters. The lowest BCUT2D eigenvalue weighted by Crippen LogP contribution is -2.31. The lowest BCUT2D eigenvalue weighted by molar-refractivity contribution is -0.128. The third-order valence-corrected chi connectivity index (χ3v) is 1.55. The van der Waals surface area contributed by atoms with E-state index in [-0.39, 0.29) is 5.91 Å². The van der Waals surface area contributed by atoms with Crippen molar-refractivity contribution in [3.05, 3.63) is 0 Å². The second kappa shape index (κ2) is 1.63. The number of nitrogens with one attached hydrogen (secondary N) is 1. The molecule has 0 aliphatic carbocycles. The highest BCUT2D eigenvalue weighted by atomic mass is 32.1. The van der Waals surface area contributed by atoms with Gasteiger partial charge in [-0.25, -0.2) is 0 Å². The van der Waals surface area contributed by atoms with Crippen LogP contribution in [0.25, 0.3) is 0 Å². The summed E-state index contributed by atoms with van der Waals surface area (Å²) in [7, 11) is 0. The van der Waals surface area contributed by atoms with Crippen molar-refractivity contribution in [2.75, 3.05) is 6.54 Å². The predicted octanol–water partition coefficient (Wildman–Crippen LogP) is -0.875. The van der Waals surface area contributed by atoms with Crippen molar-refractivity contribution in [1.29, 1.82) is 0 Å². The van der Waals surface area contributed by atoms with Crippen LogP contribution in [-0.2, 0) is 4.79 Å². The molecule has 0 aromatic heterocycles. The first kappa shape index (κ1) is 5.91. The Bertz CT molecular complexity index is 123. The van der Waals surface area contributed by atoms with Gasteiger partial charge < -0.3 is 10.4 Å². The van der Waals surface area contributed by atoms with Gasteiger partial charge in [-0.3, -0.25) is 4.79 Å². The minimum Gasteiger partial charge on any atom is -0.371 e. The third kappa shape index (κ3) is 0.809. The molecule has 1 aliphatic heterocycles. The molecule has 0 spiro atoms. The van der Waals surface area contributed by atoms with Gasteiger partial charge in [0, 0.05) is 13.0 Å². The van der Waals surface area contributed by atoms with E-state index in [2.05, 4.69) is 17.9 Å². The number of aliphatic hydroxyl groups is 1. The normalized spacial score (nSPS) is 37.5. The fourth-order valence-electron chi connectivity index (χ4n) is 0.605. The Morgan fingerprint density at radius 2 is 2.50 bits per heavy atom. The van der Waals surface area contributed by atoms with Gasteiger partial charge in [-0.1, -0.05) is 0 Å². The number of thiol groups is 1. The van der Waals surface area contributed by atoms with E-state index in [1.807, 2.05) is 0 Å². The monoisotopic (exact) mass is 133 g/mol. The molecule has 4 heteroatoms. The summed E-state index contributed by atoms with van der Waals surface area (Å²) in [5.74, 6) is -0.388. The minimum atomic E-state index is -1.40. The van der Waals surface area contributed by atoms with E-state index in [0.29, 0.717) is 13.0 Å². The van der Waals surface area contributed by atoms with Crippen molar-refractivity contribution in [2.24, 2.45) is 0 Å². The average Bonchev–Trinajstić information content (AvgIpc) is 1.86. The van der Waals surface area contributed by atoms with Crippen LogP contribution in [0.5, 0.6) is 0 Å². The summed E-state index contributed by atoms with van der Waals surface area (Å²) in [6.45, 7) is 0.527. The second-order valence-electron chi connectivity index (χ2n) is 1.82. The summed E-state index contributed by atoms with van der Waals surface area (Å²) in [4.78, 5) is 9.06. The van der Waals surface area contributed by atoms with E-state index in [9.17, 15) is 4.79 Å². The molecule has 1 amide bonds. The predicted molar refractivity (Wildman–Crippen MR) is 31.6 cm³/mol. The average molecular weight is 133 g/mol. The SMILES string of the molecule is O=C1NCCC1(O)S. The minimum absolute atomic E-state index is 0.388. The lowest BCUT2D eigenvalue weighted by atomic mass is 10.3. The summed E-state index contributed by atoms with van der Waals surface area (Å²) in [6.07, 6.45) is 0.398. The number of rotatable bonds is 0. The fourth-order valence-corrected chi connectivity index (χ4v) is 0.796. The van der Waals surface area contributed by atoms with Gasteiger partial charge in [0.2, 0.25) is 0 Å². The largest absolute Gasteiger partial charge is 0.371 e. The fraction of sp³-hybridized carbons (Fsp3) is 0.750. The van der Waals surface area contributed by atoms with Crippen LogP contribution in [0.3, 0.4) is 0 Å². The number of hydrogen-bond donors (Lipinski definition) is 3. The smallest absolute Gasteiger partial charge is 0.262 e. The maximum atomic E-state index is 10.5. The quantitative estimate of drug-likeness (QED) is 0.297. The zero-order valence-corrected chi connectivity index (χ0v) is 5.11. The zero-order chi connectivity index (χ0) is 6.20. The Morgan fingerprint density at radius 3 is 2.62 bits per heavy atom. The molecule has 2 N–H and O–H groups in total. The highest BCUT2D eigenvalue weighted by molar-refractivity contribution is 7.82. The van der Waals surface area contributed by atoms with Gasteiger partial charge in [-0.15, -0.1) is 12.6 Å². The van der Waals surface area contributed by atoms with Crippen molar-refractivity contribution < 1.29 is 9.90 Å². The number of carbonyl (C=O) groups excluding carboxylic acids is 1. The standard InChI is InChI=1S/C4H7NO2S/c6-3-4(7,8)1-2-5-3/h7-8H,1-2H2,(H,5,6). The van der Waals surface area contributed by atoms with Crippen LogP contribution in [0.1, 0.15) is 6.42 Å². The Balaban J connectivity index is 2.68. The van der Waals surface area contributed by atoms with E-state index < -0.39 is 4.93 Å². The van der Waals surface area contributed by atoms with Gasteiger partial charge in [0.1, 0.15) is 0 Å². The Morgan fingerprint density at radius 1 is 1.88 bits per heavy atom. The zero-order valence-electron chi connectivity index (χ0n) is 4.22. The van der Waals surface area contributed by atoms with Gasteiger partial charge in [-0.05, 0) is 0 Å². The molecular weight excluding hydrogens is 126 g/mol. The van der Waals surface area contributed by atoms with Crippen molar-refractivity contribution in [3.8, 4) is 0 Å². The molecule has 0 saturated carbocycles. The Hall–Kier alpha value is -0.220. The first-order valence-corrected chi connectivity index (χ1v) is 2.81. The Kier molecular flexibility index (Phi) is 1.21. The molecule has 1 saturated heterocycles. The summed E-state index contributed by atoms with van der Waals surface area (Å²) in [5, 5.41) is 11.4. The van der Waals surface area contributed by atoms with E-state index in [1.165, 1.54) is 0 Å². The molecule has 0 aromatic rings. The molecule has 46 valence electrons. The third-order valence-electron chi connectivity index (χ3n) is 1.12. The molecule has 1 rings (SSSR count). The lowest BCUT2D eigenvalue weighted by Gasteiger charge is -2.08. The van der Waals surface area contributed by atoms with Crippen LogP contribution in [0.4, 0.5) is 0 Å². The molecular formula is C4H7NO2S. The first-order chi connectivity index (χ1) is 3.63. The summed E-state index contributed by atoms with van der Waals surface area (Å²) < 4.78 is 0. The van der Waals surface area contributed by atoms with Crippen LogP contribution < -0.4 is 5.32 Å². The van der Waals surface area contributed by atoms with Gasteiger partial charge in [0.05, 0.1) is 0 Å². The molecule has 0 bridgehead atoms. The topological polar surface area (TPSA) is 49.3 Å². The van der Waals surface area contributed by atoms with E-state index >= 15 is 0 Å². The van der Waals surface area contributed by atoms with Crippen molar-refractivity contribution >= 4 is 18.5 Å². The summed E-state index contributed by atoms with van der Waals surface area (Å²) >= 11 is 3.69. The Labute approximate surface area is 52.5 Å². The van der Waals surface area contributed by atoms with Crippen LogP contribution in [-0.4, -0.2) is 22.5 Å². The molecule has 1 aliphatic rings. The first-order valence-electron chi connectivity index (χ1n) is 2.36. The molecule has 1 unspecified atom stereocenters. The van der Waals surface area contributed by atoms with E-state index in [0.717, 1.165) is 0 Å². The van der Waals surface area contributed by atoms with Crippen LogP contribution in [0.15, 0.2) is 0 Å². The number of carbonyl (C=O) groups is 1. The second-order valence-corrected chi connectivity index (χ2v) is 2.56. The van der Waals surface area contributed by atoms with Gasteiger partial charge in [0.15, 0.2) is 4.93 Å². The maximum absolute atomic E-state index is 10.5. The van der Waals surface area contributed by atoms with E-state index in [1.54, 1.807) is 0 Å². The molecule has 1 fully saturated rings. The van der Waals surface area contributed by atoms with Gasteiger partial charge >= 0.3 is 0 Å². The van der Waals surface area contributed by atoms with Gasteiger partial charge in [0.25, 0.3) is 5.91 Å². The maximum Gasteiger partial charge on any atom is 0.262 e. The summed E-state index contributed by atoms with van der Waals surface area (Å²) in [5.41, 5.74) is 0. The van der Waals surface area contributed by atoms with Gasteiger partial charge in [-0.2, -0.15) is 0 Å². The number of amides is 1. The van der Waals surface area contributed by atoms with Crippen LogP contribution >= 0.6 is 12.6 Å². The molecule has 1 heterocycles. The van der Waals surface area contributed by atoms with Crippen LogP contribution in [0, 0.1) is 0 Å². The molecule has 0 radical (unpaired) electrons. The number of hydrogen-bond acceptors (Lipinski definition) is 3. The highest BCUT2D eigenvalue weighted by Crippen LogP contribution is 2.18.